The molecule has 0 N–H and O–H groups in total. The second kappa shape index (κ2) is 13.1. The van der Waals surface area contributed by atoms with Gasteiger partial charge in [-0.15, -0.1) is 0 Å². The van der Waals surface area contributed by atoms with Gasteiger partial charge >= 0.3 is 0 Å². The van der Waals surface area contributed by atoms with Gasteiger partial charge in [0.05, 0.1) is 0 Å². The monoisotopic (exact) mass is 729 g/mol. The topological polar surface area (TPSA) is 3.24 Å². The van der Waals surface area contributed by atoms with E-state index in [1.54, 1.807) is 11.1 Å². The Hall–Kier alpha value is -6.44. The molecule has 0 heterocycles. The van der Waals surface area contributed by atoms with E-state index in [0.29, 0.717) is 11.8 Å². The van der Waals surface area contributed by atoms with Crippen LogP contribution >= 0.6 is 0 Å². The van der Waals surface area contributed by atoms with Crippen LogP contribution in [0.25, 0.3) is 66.8 Å². The molecule has 0 spiro atoms. The van der Waals surface area contributed by atoms with Gasteiger partial charge in [-0.3, -0.25) is 0 Å². The molecule has 4 aliphatic rings. The van der Waals surface area contributed by atoms with Crippen LogP contribution in [-0.2, 0) is 0 Å². The summed E-state index contributed by atoms with van der Waals surface area (Å²) in [6.07, 6.45) is 5.41. The van der Waals surface area contributed by atoms with E-state index in [2.05, 4.69) is 193 Å². The van der Waals surface area contributed by atoms with Gasteiger partial charge in [-0.2, -0.15) is 0 Å². The Morgan fingerprint density at radius 1 is 0.316 bits per heavy atom. The van der Waals surface area contributed by atoms with E-state index in [9.17, 15) is 0 Å². The van der Waals surface area contributed by atoms with E-state index in [1.807, 2.05) is 0 Å². The number of benzene rings is 8. The van der Waals surface area contributed by atoms with E-state index in [1.165, 1.54) is 98.1 Å². The van der Waals surface area contributed by atoms with E-state index in [4.69, 9.17) is 0 Å². The van der Waals surface area contributed by atoms with Crippen molar-refractivity contribution in [1.29, 1.82) is 0 Å². The van der Waals surface area contributed by atoms with Crippen molar-refractivity contribution in [3.05, 3.63) is 199 Å². The molecular formula is C56H43N. The van der Waals surface area contributed by atoms with Crippen molar-refractivity contribution < 1.29 is 0 Å². The fourth-order valence-electron chi connectivity index (χ4n) is 11.4. The lowest BCUT2D eigenvalue weighted by Crippen LogP contribution is -2.19. The summed E-state index contributed by atoms with van der Waals surface area (Å²) in [7, 11) is 0. The molecule has 1 heteroatoms. The average Bonchev–Trinajstić information content (AvgIpc) is 3.60. The molecule has 2 saturated carbocycles. The van der Waals surface area contributed by atoms with Crippen LogP contribution in [0.3, 0.4) is 0 Å². The van der Waals surface area contributed by atoms with E-state index >= 15 is 0 Å². The minimum absolute atomic E-state index is 0.630. The molecule has 0 saturated heterocycles. The zero-order valence-corrected chi connectivity index (χ0v) is 32.0. The van der Waals surface area contributed by atoms with Crippen LogP contribution < -0.4 is 4.90 Å². The van der Waals surface area contributed by atoms with Gasteiger partial charge in [0.15, 0.2) is 0 Å². The molecule has 2 fully saturated rings. The van der Waals surface area contributed by atoms with Crippen molar-refractivity contribution >= 4 is 17.1 Å². The summed E-state index contributed by atoms with van der Waals surface area (Å²) in [5.74, 6) is 2.97. The third-order valence-corrected chi connectivity index (χ3v) is 13.8. The number of fused-ring (bicyclic) bond motifs is 15. The molecule has 8 aromatic rings. The van der Waals surface area contributed by atoms with Gasteiger partial charge in [0.2, 0.25) is 0 Å². The number of hydrogen-bond donors (Lipinski definition) is 0. The molecule has 57 heavy (non-hydrogen) atoms. The van der Waals surface area contributed by atoms with E-state index < -0.39 is 0 Å². The summed E-state index contributed by atoms with van der Waals surface area (Å²) in [4.78, 5) is 2.50. The van der Waals surface area contributed by atoms with Gasteiger partial charge in [-0.25, -0.2) is 0 Å². The summed E-state index contributed by atoms with van der Waals surface area (Å²) in [6.45, 7) is 0. The van der Waals surface area contributed by atoms with Gasteiger partial charge in [0.1, 0.15) is 0 Å². The molecule has 4 aliphatic carbocycles. The van der Waals surface area contributed by atoms with E-state index in [0.717, 1.165) is 23.2 Å². The number of hydrogen-bond acceptors (Lipinski definition) is 1. The quantitative estimate of drug-likeness (QED) is 0.174. The predicted octanol–water partition coefficient (Wildman–Crippen LogP) is 15.5. The van der Waals surface area contributed by atoms with Crippen LogP contribution in [0.1, 0.15) is 48.6 Å². The first-order valence-electron chi connectivity index (χ1n) is 20.9. The lowest BCUT2D eigenvalue weighted by atomic mass is 9.71. The molecular weight excluding hydrogens is 687 g/mol. The highest BCUT2D eigenvalue weighted by Crippen LogP contribution is 2.59. The Bertz CT molecular complexity index is 2820. The molecule has 0 radical (unpaired) electrons. The third kappa shape index (κ3) is 5.29. The van der Waals surface area contributed by atoms with Crippen molar-refractivity contribution in [2.24, 2.45) is 11.8 Å². The molecule has 0 aromatic heterocycles. The Kier molecular flexibility index (Phi) is 7.51. The zero-order valence-electron chi connectivity index (χ0n) is 32.0. The second-order valence-electron chi connectivity index (χ2n) is 16.8. The first kappa shape index (κ1) is 32.8. The molecule has 0 amide bonds. The number of anilines is 3. The maximum absolute atomic E-state index is 2.53. The zero-order chi connectivity index (χ0) is 37.5. The van der Waals surface area contributed by atoms with Crippen molar-refractivity contribution in [1.82, 2.24) is 0 Å². The minimum Gasteiger partial charge on any atom is -0.310 e. The molecule has 4 atom stereocenters. The molecule has 0 aliphatic heterocycles. The first-order chi connectivity index (χ1) is 28.2. The second-order valence-corrected chi connectivity index (χ2v) is 16.8. The molecule has 272 valence electrons. The maximum Gasteiger partial charge on any atom is 0.0468 e. The lowest BCUT2D eigenvalue weighted by Gasteiger charge is -2.35. The molecule has 8 aromatic carbocycles. The summed E-state index contributed by atoms with van der Waals surface area (Å²) >= 11 is 0. The largest absolute Gasteiger partial charge is 0.310 e. The highest BCUT2D eigenvalue weighted by atomic mass is 15.1. The van der Waals surface area contributed by atoms with Crippen LogP contribution in [0.5, 0.6) is 0 Å². The highest BCUT2D eigenvalue weighted by Gasteiger charge is 2.44. The van der Waals surface area contributed by atoms with Crippen molar-refractivity contribution in [3.8, 4) is 66.8 Å². The minimum atomic E-state index is 0.630. The SMILES string of the molecule is c1ccc(-c2ccc(N(c3ccc4c(c3)-c3ccccc3-c3ccccc3-c3ccccc3-4)c3ccc4c(c3)-c3ccccc3C3CC5CC4CC3C5)cc2)cc1. The molecule has 3 bridgehead atoms. The Balaban J connectivity index is 1.08. The fourth-order valence-corrected chi connectivity index (χ4v) is 11.4. The summed E-state index contributed by atoms with van der Waals surface area (Å²) < 4.78 is 0. The number of rotatable bonds is 4. The van der Waals surface area contributed by atoms with Crippen LogP contribution in [0.2, 0.25) is 0 Å². The van der Waals surface area contributed by atoms with Crippen LogP contribution in [0.4, 0.5) is 17.1 Å². The Morgan fingerprint density at radius 3 is 1.46 bits per heavy atom. The Morgan fingerprint density at radius 2 is 0.807 bits per heavy atom. The van der Waals surface area contributed by atoms with Gasteiger partial charge in [-0.05, 0) is 164 Å². The first-order valence-corrected chi connectivity index (χ1v) is 20.9. The normalized spacial score (nSPS) is 19.3. The maximum atomic E-state index is 2.53. The number of nitrogens with zero attached hydrogens (tertiary/aromatic N) is 1. The average molecular weight is 730 g/mol. The van der Waals surface area contributed by atoms with Crippen molar-refractivity contribution in [2.75, 3.05) is 4.90 Å². The highest BCUT2D eigenvalue weighted by molar-refractivity contribution is 6.04. The van der Waals surface area contributed by atoms with Crippen LogP contribution in [0, 0.1) is 11.8 Å². The van der Waals surface area contributed by atoms with Crippen molar-refractivity contribution in [3.63, 3.8) is 0 Å². The van der Waals surface area contributed by atoms with Gasteiger partial charge in [-0.1, -0.05) is 152 Å². The lowest BCUT2D eigenvalue weighted by molar-refractivity contribution is 0.311. The predicted molar refractivity (Wildman–Crippen MR) is 238 cm³/mol. The molecule has 4 unspecified atom stereocenters. The smallest absolute Gasteiger partial charge is 0.0468 e. The molecule has 12 rings (SSSR count). The van der Waals surface area contributed by atoms with Crippen LogP contribution in [-0.4, -0.2) is 0 Å². The van der Waals surface area contributed by atoms with Gasteiger partial charge in [0.25, 0.3) is 0 Å². The van der Waals surface area contributed by atoms with Gasteiger partial charge in [0, 0.05) is 17.1 Å². The van der Waals surface area contributed by atoms with Crippen molar-refractivity contribution in [2.45, 2.75) is 37.5 Å². The summed E-state index contributed by atoms with van der Waals surface area (Å²) in [6, 6.07) is 70.7. The third-order valence-electron chi connectivity index (χ3n) is 13.8. The van der Waals surface area contributed by atoms with Gasteiger partial charge < -0.3 is 4.90 Å². The standard InChI is InChI=1S/C56H43N/c1-2-12-37(13-3-1)38-22-24-41(25-23-38)57(42-26-28-44-39-30-36-31-40(33-39)54(32-36)50-19-9-11-21-52(50)55(44)34-42)43-27-29-53-49-18-7-6-16-47(49)45-14-4-5-15-46(45)48-17-8-10-20-51(48)56(53)35-43/h1-29,34-36,39-40,54H,30-33H2. The summed E-state index contributed by atoms with van der Waals surface area (Å²) in [5, 5.41) is 0. The Labute approximate surface area is 335 Å². The van der Waals surface area contributed by atoms with E-state index in [-0.39, 0.29) is 0 Å². The fraction of sp³-hybridized carbons (Fsp3) is 0.143. The molecule has 1 nitrogen and oxygen atoms in total. The van der Waals surface area contributed by atoms with Crippen LogP contribution in [0.15, 0.2) is 188 Å². The summed E-state index contributed by atoms with van der Waals surface area (Å²) in [5.41, 5.74) is 22.0.